The van der Waals surface area contributed by atoms with Crippen molar-refractivity contribution in [3.05, 3.63) is 28.8 Å². The molecule has 0 aliphatic rings. The van der Waals surface area contributed by atoms with Gasteiger partial charge in [-0.05, 0) is 28.4 Å². The van der Waals surface area contributed by atoms with Crippen molar-refractivity contribution in [3.8, 4) is 11.4 Å². The third kappa shape index (κ3) is 4.09. The largest absolute Gasteiger partial charge is 0.337 e. The molecule has 2 aromatic heterocycles. The van der Waals surface area contributed by atoms with Crippen LogP contribution in [-0.2, 0) is 9.84 Å². The van der Waals surface area contributed by atoms with Gasteiger partial charge in [0.05, 0.1) is 11.8 Å². The topological polar surface area (TPSA) is 112 Å². The molecule has 2 aromatic rings. The van der Waals surface area contributed by atoms with Gasteiger partial charge in [-0.3, -0.25) is 4.98 Å². The van der Waals surface area contributed by atoms with E-state index in [9.17, 15) is 8.42 Å². The zero-order valence-electron chi connectivity index (χ0n) is 10.7. The molecule has 1 atom stereocenters. The second-order valence-corrected chi connectivity index (χ2v) is 7.55. The molecule has 7 nitrogen and oxygen atoms in total. The number of sulfone groups is 1. The van der Waals surface area contributed by atoms with Gasteiger partial charge in [0.2, 0.25) is 11.7 Å². The highest BCUT2D eigenvalue weighted by molar-refractivity contribution is 9.10. The molecular weight excluding hydrogens is 348 g/mol. The van der Waals surface area contributed by atoms with E-state index in [0.29, 0.717) is 11.4 Å². The normalized spacial score (nSPS) is 13.3. The summed E-state index contributed by atoms with van der Waals surface area (Å²) in [5.41, 5.74) is 6.52. The van der Waals surface area contributed by atoms with Gasteiger partial charge in [0.15, 0.2) is 0 Å². The summed E-state index contributed by atoms with van der Waals surface area (Å²) >= 11 is 3.30. The summed E-state index contributed by atoms with van der Waals surface area (Å²) in [6.07, 6.45) is 4.63. The molecule has 0 bridgehead atoms. The van der Waals surface area contributed by atoms with Crippen molar-refractivity contribution in [1.29, 1.82) is 0 Å². The van der Waals surface area contributed by atoms with Crippen LogP contribution < -0.4 is 5.73 Å². The lowest BCUT2D eigenvalue weighted by molar-refractivity contribution is 0.352. The molecule has 0 amide bonds. The monoisotopic (exact) mass is 360 g/mol. The highest BCUT2D eigenvalue weighted by Gasteiger charge is 2.17. The van der Waals surface area contributed by atoms with Gasteiger partial charge in [-0.15, -0.1) is 0 Å². The summed E-state index contributed by atoms with van der Waals surface area (Å²) in [5.74, 6) is 0.553. The van der Waals surface area contributed by atoms with E-state index >= 15 is 0 Å². The average molecular weight is 361 g/mol. The van der Waals surface area contributed by atoms with Gasteiger partial charge >= 0.3 is 0 Å². The van der Waals surface area contributed by atoms with Crippen LogP contribution in [0.3, 0.4) is 0 Å². The quantitative estimate of drug-likeness (QED) is 0.855. The summed E-state index contributed by atoms with van der Waals surface area (Å²) in [5, 5.41) is 3.82. The summed E-state index contributed by atoms with van der Waals surface area (Å²) in [4.78, 5) is 8.17. The fraction of sp³-hybridized carbons (Fsp3) is 0.364. The minimum absolute atomic E-state index is 0.0235. The number of pyridine rings is 1. The maximum absolute atomic E-state index is 11.1. The van der Waals surface area contributed by atoms with Crippen molar-refractivity contribution in [2.24, 2.45) is 5.73 Å². The molecule has 0 saturated heterocycles. The molecule has 0 radical (unpaired) electrons. The Balaban J connectivity index is 2.12. The van der Waals surface area contributed by atoms with E-state index in [1.807, 2.05) is 0 Å². The number of hydrogen-bond acceptors (Lipinski definition) is 7. The molecule has 0 aromatic carbocycles. The van der Waals surface area contributed by atoms with Crippen LogP contribution in [0, 0.1) is 0 Å². The standard InChI is InChI=1S/C11H13BrN4O3S/c1-20(17,18)3-2-9(13)11-15-10(16-19-11)7-4-8(12)6-14-5-7/h4-6,9H,2-3,13H2,1H3. The molecule has 20 heavy (non-hydrogen) atoms. The van der Waals surface area contributed by atoms with E-state index in [1.54, 1.807) is 18.5 Å². The molecule has 0 saturated carbocycles. The Hall–Kier alpha value is -1.32. The van der Waals surface area contributed by atoms with E-state index in [0.717, 1.165) is 10.7 Å². The minimum Gasteiger partial charge on any atom is -0.337 e. The molecule has 2 rings (SSSR count). The second-order valence-electron chi connectivity index (χ2n) is 4.37. The maximum Gasteiger partial charge on any atom is 0.243 e. The molecule has 0 aliphatic heterocycles. The second kappa shape index (κ2) is 5.98. The van der Waals surface area contributed by atoms with Crippen LogP contribution >= 0.6 is 15.9 Å². The molecule has 2 heterocycles. The van der Waals surface area contributed by atoms with Gasteiger partial charge < -0.3 is 10.3 Å². The molecule has 9 heteroatoms. The first kappa shape index (κ1) is 15.1. The van der Waals surface area contributed by atoms with Crippen LogP contribution in [-0.4, -0.2) is 35.6 Å². The number of aromatic nitrogens is 3. The lowest BCUT2D eigenvalue weighted by Crippen LogP contribution is -2.16. The van der Waals surface area contributed by atoms with Gasteiger partial charge in [0, 0.05) is 28.7 Å². The Labute approximate surface area is 124 Å². The lowest BCUT2D eigenvalue weighted by Gasteiger charge is -2.04. The van der Waals surface area contributed by atoms with Crippen molar-refractivity contribution in [2.45, 2.75) is 12.5 Å². The summed E-state index contributed by atoms with van der Waals surface area (Å²) < 4.78 is 28.0. The third-order valence-corrected chi connectivity index (χ3v) is 3.93. The van der Waals surface area contributed by atoms with Crippen molar-refractivity contribution >= 4 is 25.8 Å². The van der Waals surface area contributed by atoms with Crippen LogP contribution in [0.1, 0.15) is 18.4 Å². The number of nitrogens with two attached hydrogens (primary N) is 1. The number of halogens is 1. The molecule has 0 fully saturated rings. The molecule has 0 aliphatic carbocycles. The minimum atomic E-state index is -3.06. The van der Waals surface area contributed by atoms with Gasteiger partial charge in [-0.25, -0.2) is 8.42 Å². The lowest BCUT2D eigenvalue weighted by atomic mass is 10.2. The van der Waals surface area contributed by atoms with E-state index in [2.05, 4.69) is 31.1 Å². The van der Waals surface area contributed by atoms with Crippen molar-refractivity contribution in [3.63, 3.8) is 0 Å². The SMILES string of the molecule is CS(=O)(=O)CCC(N)c1nc(-c2cncc(Br)c2)no1. The summed E-state index contributed by atoms with van der Waals surface area (Å²) in [6, 6.07) is 1.19. The van der Waals surface area contributed by atoms with Crippen LogP contribution in [0.4, 0.5) is 0 Å². The van der Waals surface area contributed by atoms with Gasteiger partial charge in [-0.2, -0.15) is 4.98 Å². The van der Waals surface area contributed by atoms with Crippen molar-refractivity contribution in [2.75, 3.05) is 12.0 Å². The first-order chi connectivity index (χ1) is 9.35. The van der Waals surface area contributed by atoms with Crippen LogP contribution in [0.25, 0.3) is 11.4 Å². The molecular formula is C11H13BrN4O3S. The van der Waals surface area contributed by atoms with Crippen LogP contribution in [0.15, 0.2) is 27.5 Å². The first-order valence-electron chi connectivity index (χ1n) is 5.73. The van der Waals surface area contributed by atoms with Crippen LogP contribution in [0.5, 0.6) is 0 Å². The smallest absolute Gasteiger partial charge is 0.243 e. The Kier molecular flexibility index (Phi) is 4.51. The molecule has 1 unspecified atom stereocenters. The number of hydrogen-bond donors (Lipinski definition) is 1. The maximum atomic E-state index is 11.1. The number of rotatable bonds is 5. The predicted molar refractivity (Wildman–Crippen MR) is 76.5 cm³/mol. The van der Waals surface area contributed by atoms with Gasteiger partial charge in [0.1, 0.15) is 9.84 Å². The van der Waals surface area contributed by atoms with E-state index in [-0.39, 0.29) is 18.1 Å². The third-order valence-electron chi connectivity index (χ3n) is 2.52. The first-order valence-corrected chi connectivity index (χ1v) is 8.58. The van der Waals surface area contributed by atoms with Gasteiger partial charge in [0.25, 0.3) is 0 Å². The Morgan fingerprint density at radius 2 is 2.20 bits per heavy atom. The Morgan fingerprint density at radius 1 is 1.45 bits per heavy atom. The summed E-state index contributed by atoms with van der Waals surface area (Å²) in [7, 11) is -3.06. The fourth-order valence-electron chi connectivity index (χ4n) is 1.50. The van der Waals surface area contributed by atoms with Gasteiger partial charge in [-0.1, -0.05) is 5.16 Å². The van der Waals surface area contributed by atoms with E-state index in [1.165, 1.54) is 0 Å². The Morgan fingerprint density at radius 3 is 2.85 bits per heavy atom. The van der Waals surface area contributed by atoms with E-state index < -0.39 is 15.9 Å². The fourth-order valence-corrected chi connectivity index (χ4v) is 2.55. The van der Waals surface area contributed by atoms with Crippen LogP contribution in [0.2, 0.25) is 0 Å². The predicted octanol–water partition coefficient (Wildman–Crippen LogP) is 1.33. The molecule has 108 valence electrons. The highest BCUT2D eigenvalue weighted by atomic mass is 79.9. The van der Waals surface area contributed by atoms with E-state index in [4.69, 9.17) is 10.3 Å². The number of nitrogens with zero attached hydrogens (tertiary/aromatic N) is 3. The molecule has 0 spiro atoms. The van der Waals surface area contributed by atoms with Crippen molar-refractivity contribution < 1.29 is 12.9 Å². The average Bonchev–Trinajstić information content (AvgIpc) is 2.84. The zero-order valence-corrected chi connectivity index (χ0v) is 13.1. The molecule has 2 N–H and O–H groups in total. The zero-order chi connectivity index (χ0) is 14.8. The Bertz CT molecular complexity index is 701. The van der Waals surface area contributed by atoms with Crippen molar-refractivity contribution in [1.82, 2.24) is 15.1 Å². The highest BCUT2D eigenvalue weighted by Crippen LogP contribution is 2.21. The summed E-state index contributed by atoms with van der Waals surface area (Å²) in [6.45, 7) is 0.